The Morgan fingerprint density at radius 2 is 2.11 bits per heavy atom. The van der Waals surface area contributed by atoms with Crippen LogP contribution in [0.1, 0.15) is 15.9 Å². The summed E-state index contributed by atoms with van der Waals surface area (Å²) >= 11 is 5.81. The maximum Gasteiger partial charge on any atom is 0.198 e. The van der Waals surface area contributed by atoms with E-state index >= 15 is 0 Å². The van der Waals surface area contributed by atoms with Gasteiger partial charge in [0.1, 0.15) is 11.6 Å². The second-order valence-corrected chi connectivity index (χ2v) is 4.00. The summed E-state index contributed by atoms with van der Waals surface area (Å²) in [5.41, 5.74) is 0.477. The maximum atomic E-state index is 13.0. The molecule has 0 amide bonds. The number of benzene rings is 1. The zero-order valence-electron chi connectivity index (χ0n) is 9.48. The van der Waals surface area contributed by atoms with Gasteiger partial charge in [-0.1, -0.05) is 11.6 Å². The molecule has 0 saturated carbocycles. The molecule has 0 aliphatic heterocycles. The number of halogens is 2. The van der Waals surface area contributed by atoms with Gasteiger partial charge in [-0.2, -0.15) is 0 Å². The number of ether oxygens (including phenoxy) is 1. The van der Waals surface area contributed by atoms with E-state index in [0.717, 1.165) is 12.3 Å². The Morgan fingerprint density at radius 3 is 2.78 bits per heavy atom. The second-order valence-electron chi connectivity index (χ2n) is 3.57. The molecule has 0 fully saturated rings. The van der Waals surface area contributed by atoms with Crippen LogP contribution < -0.4 is 4.74 Å². The molecular weight excluding hydrogens is 257 g/mol. The number of hydrogen-bond donors (Lipinski definition) is 0. The molecule has 0 saturated heterocycles. The molecule has 0 radical (unpaired) electrons. The summed E-state index contributed by atoms with van der Waals surface area (Å²) in [6.07, 6.45) is 2.34. The van der Waals surface area contributed by atoms with E-state index in [-0.39, 0.29) is 11.3 Å². The first-order chi connectivity index (χ1) is 8.61. The standard InChI is InChI=1S/C13H9ClFNO2/c1-18-12-5-9(14)2-3-11(12)13(17)8-4-10(15)7-16-6-8/h2-7H,1H3. The summed E-state index contributed by atoms with van der Waals surface area (Å²) in [5, 5.41) is 0.459. The molecule has 0 aliphatic carbocycles. The van der Waals surface area contributed by atoms with Crippen molar-refractivity contribution in [3.05, 3.63) is 58.6 Å². The van der Waals surface area contributed by atoms with E-state index in [9.17, 15) is 9.18 Å². The van der Waals surface area contributed by atoms with Crippen molar-refractivity contribution in [1.82, 2.24) is 4.98 Å². The number of nitrogens with zero attached hydrogens (tertiary/aromatic N) is 1. The smallest absolute Gasteiger partial charge is 0.198 e. The van der Waals surface area contributed by atoms with Crippen molar-refractivity contribution in [3.8, 4) is 5.75 Å². The van der Waals surface area contributed by atoms with E-state index in [0.29, 0.717) is 16.3 Å². The topological polar surface area (TPSA) is 39.2 Å². The molecule has 92 valence electrons. The third-order valence-electron chi connectivity index (χ3n) is 2.38. The summed E-state index contributed by atoms with van der Waals surface area (Å²) in [4.78, 5) is 15.8. The molecular formula is C13H9ClFNO2. The normalized spacial score (nSPS) is 10.2. The molecule has 0 unspecified atom stereocenters. The summed E-state index contributed by atoms with van der Waals surface area (Å²) < 4.78 is 18.1. The lowest BCUT2D eigenvalue weighted by Crippen LogP contribution is -2.05. The molecule has 1 heterocycles. The van der Waals surface area contributed by atoms with Gasteiger partial charge in [-0.3, -0.25) is 9.78 Å². The number of pyridine rings is 1. The Labute approximate surface area is 108 Å². The van der Waals surface area contributed by atoms with Gasteiger partial charge in [-0.15, -0.1) is 0 Å². The van der Waals surface area contributed by atoms with Crippen molar-refractivity contribution in [2.45, 2.75) is 0 Å². The Morgan fingerprint density at radius 1 is 1.33 bits per heavy atom. The monoisotopic (exact) mass is 265 g/mol. The summed E-state index contributed by atoms with van der Waals surface area (Å²) in [6, 6.07) is 5.77. The fourth-order valence-electron chi connectivity index (χ4n) is 1.54. The van der Waals surface area contributed by atoms with Gasteiger partial charge >= 0.3 is 0 Å². The van der Waals surface area contributed by atoms with Crippen LogP contribution in [0.5, 0.6) is 5.75 Å². The highest BCUT2D eigenvalue weighted by Crippen LogP contribution is 2.25. The summed E-state index contributed by atoms with van der Waals surface area (Å²) in [7, 11) is 1.44. The first-order valence-corrected chi connectivity index (χ1v) is 5.48. The number of methoxy groups -OCH3 is 1. The lowest BCUT2D eigenvalue weighted by atomic mass is 10.0. The molecule has 0 atom stereocenters. The highest BCUT2D eigenvalue weighted by atomic mass is 35.5. The van der Waals surface area contributed by atoms with Crippen LogP contribution in [0.3, 0.4) is 0 Å². The zero-order valence-corrected chi connectivity index (χ0v) is 10.2. The fraction of sp³-hybridized carbons (Fsp3) is 0.0769. The molecule has 5 heteroatoms. The maximum absolute atomic E-state index is 13.0. The first-order valence-electron chi connectivity index (χ1n) is 5.10. The SMILES string of the molecule is COc1cc(Cl)ccc1C(=O)c1cncc(F)c1. The highest BCUT2D eigenvalue weighted by molar-refractivity contribution is 6.31. The quantitative estimate of drug-likeness (QED) is 0.801. The van der Waals surface area contributed by atoms with E-state index in [1.54, 1.807) is 6.07 Å². The molecule has 0 aliphatic rings. The van der Waals surface area contributed by atoms with Crippen LogP contribution in [0.4, 0.5) is 4.39 Å². The van der Waals surface area contributed by atoms with Crippen molar-refractivity contribution in [2.75, 3.05) is 7.11 Å². The van der Waals surface area contributed by atoms with Crippen molar-refractivity contribution in [3.63, 3.8) is 0 Å². The number of rotatable bonds is 3. The van der Waals surface area contributed by atoms with E-state index in [1.165, 1.54) is 25.4 Å². The van der Waals surface area contributed by atoms with E-state index in [1.807, 2.05) is 0 Å². The Balaban J connectivity index is 2.46. The van der Waals surface area contributed by atoms with E-state index in [4.69, 9.17) is 16.3 Å². The molecule has 18 heavy (non-hydrogen) atoms. The van der Waals surface area contributed by atoms with Crippen LogP contribution in [0, 0.1) is 5.82 Å². The zero-order chi connectivity index (χ0) is 13.1. The van der Waals surface area contributed by atoms with Gasteiger partial charge in [-0.05, 0) is 24.3 Å². The van der Waals surface area contributed by atoms with Crippen LogP contribution in [-0.4, -0.2) is 17.9 Å². The molecule has 3 nitrogen and oxygen atoms in total. The predicted molar refractivity (Wildman–Crippen MR) is 65.6 cm³/mol. The van der Waals surface area contributed by atoms with Crippen LogP contribution in [-0.2, 0) is 0 Å². The lowest BCUT2D eigenvalue weighted by molar-refractivity contribution is 0.103. The van der Waals surface area contributed by atoms with Crippen LogP contribution in [0.15, 0.2) is 36.7 Å². The van der Waals surface area contributed by atoms with Crippen LogP contribution >= 0.6 is 11.6 Å². The number of carbonyl (C=O) groups excluding carboxylic acids is 1. The van der Waals surface area contributed by atoms with Crippen LogP contribution in [0.2, 0.25) is 5.02 Å². The van der Waals surface area contributed by atoms with Gasteiger partial charge in [0.05, 0.1) is 18.9 Å². The van der Waals surface area contributed by atoms with Crippen molar-refractivity contribution >= 4 is 17.4 Å². The molecule has 2 rings (SSSR count). The minimum absolute atomic E-state index is 0.163. The van der Waals surface area contributed by atoms with Crippen molar-refractivity contribution in [1.29, 1.82) is 0 Å². The number of aromatic nitrogens is 1. The minimum Gasteiger partial charge on any atom is -0.496 e. The highest BCUT2D eigenvalue weighted by Gasteiger charge is 2.15. The fourth-order valence-corrected chi connectivity index (χ4v) is 1.71. The molecule has 0 N–H and O–H groups in total. The Hall–Kier alpha value is -1.94. The van der Waals surface area contributed by atoms with Gasteiger partial charge < -0.3 is 4.74 Å². The number of ketones is 1. The largest absolute Gasteiger partial charge is 0.496 e. The first kappa shape index (κ1) is 12.5. The summed E-state index contributed by atoms with van der Waals surface area (Å²) in [6.45, 7) is 0. The molecule has 0 spiro atoms. The van der Waals surface area contributed by atoms with Gasteiger partial charge in [0, 0.05) is 16.8 Å². The van der Waals surface area contributed by atoms with E-state index < -0.39 is 5.82 Å². The molecule has 1 aromatic carbocycles. The number of hydrogen-bond acceptors (Lipinski definition) is 3. The lowest BCUT2D eigenvalue weighted by Gasteiger charge is -2.07. The van der Waals surface area contributed by atoms with Gasteiger partial charge in [0.2, 0.25) is 0 Å². The summed E-state index contributed by atoms with van der Waals surface area (Å²) in [5.74, 6) is -0.582. The van der Waals surface area contributed by atoms with E-state index in [2.05, 4.69) is 4.98 Å². The van der Waals surface area contributed by atoms with Crippen molar-refractivity contribution in [2.24, 2.45) is 0 Å². The Bertz CT molecular complexity index is 601. The third-order valence-corrected chi connectivity index (χ3v) is 2.61. The molecule has 2 aromatic rings. The Kier molecular flexibility index (Phi) is 3.58. The average molecular weight is 266 g/mol. The molecule has 1 aromatic heterocycles. The van der Waals surface area contributed by atoms with Gasteiger partial charge in [0.25, 0.3) is 0 Å². The minimum atomic E-state index is -0.561. The predicted octanol–water partition coefficient (Wildman–Crippen LogP) is 3.11. The third kappa shape index (κ3) is 2.49. The number of carbonyl (C=O) groups is 1. The molecule has 0 bridgehead atoms. The second kappa shape index (κ2) is 5.14. The van der Waals surface area contributed by atoms with Crippen LogP contribution in [0.25, 0.3) is 0 Å². The van der Waals surface area contributed by atoms with Gasteiger partial charge in [-0.25, -0.2) is 4.39 Å². The van der Waals surface area contributed by atoms with Crippen molar-refractivity contribution < 1.29 is 13.9 Å². The van der Waals surface area contributed by atoms with Gasteiger partial charge in [0.15, 0.2) is 5.78 Å². The average Bonchev–Trinajstić information content (AvgIpc) is 2.37.